The van der Waals surface area contributed by atoms with Crippen LogP contribution in [0.5, 0.6) is 5.75 Å². The molecule has 0 aromatic heterocycles. The van der Waals surface area contributed by atoms with Crippen LogP contribution < -0.4 is 15.4 Å². The Bertz CT molecular complexity index is 780. The van der Waals surface area contributed by atoms with E-state index in [0.717, 1.165) is 29.7 Å². The number of carbonyl (C=O) groups is 2. The van der Waals surface area contributed by atoms with Gasteiger partial charge in [0.2, 0.25) is 5.91 Å². The Balaban J connectivity index is 0.00000512. The van der Waals surface area contributed by atoms with E-state index in [1.807, 2.05) is 19.1 Å². The molecule has 1 aromatic rings. The molecule has 10 heteroatoms. The molecule has 1 aliphatic rings. The molecule has 2 N–H and O–H groups in total. The number of methoxy groups -OCH3 is 1. The van der Waals surface area contributed by atoms with Gasteiger partial charge in [-0.2, -0.15) is 0 Å². The van der Waals surface area contributed by atoms with Crippen molar-refractivity contribution in [2.24, 2.45) is 4.99 Å². The molecule has 32 heavy (non-hydrogen) atoms. The summed E-state index contributed by atoms with van der Waals surface area (Å²) in [6, 6.07) is 6.14. The minimum atomic E-state index is -0.266. The first-order chi connectivity index (χ1) is 14.8. The summed E-state index contributed by atoms with van der Waals surface area (Å²) in [5.41, 5.74) is 2.12. The zero-order chi connectivity index (χ0) is 22.8. The second-order valence-corrected chi connectivity index (χ2v) is 7.77. The first-order valence-electron chi connectivity index (χ1n) is 10.6. The largest absolute Gasteiger partial charge is 0.497 e. The van der Waals surface area contributed by atoms with Crippen molar-refractivity contribution in [3.63, 3.8) is 0 Å². The highest BCUT2D eigenvalue weighted by Crippen LogP contribution is 2.17. The summed E-state index contributed by atoms with van der Waals surface area (Å²) in [7, 11) is 5.09. The van der Waals surface area contributed by atoms with Crippen molar-refractivity contribution in [2.75, 3.05) is 47.4 Å². The van der Waals surface area contributed by atoms with Crippen LogP contribution in [0.25, 0.3) is 0 Å². The monoisotopic (exact) mass is 561 g/mol. The topological polar surface area (TPSA) is 95.5 Å². The number of rotatable bonds is 7. The van der Waals surface area contributed by atoms with Gasteiger partial charge in [-0.1, -0.05) is 6.07 Å². The lowest BCUT2D eigenvalue weighted by Crippen LogP contribution is -2.51. The van der Waals surface area contributed by atoms with Crippen molar-refractivity contribution in [3.05, 3.63) is 29.3 Å². The van der Waals surface area contributed by atoms with Gasteiger partial charge in [-0.25, -0.2) is 9.79 Å². The predicted molar refractivity (Wildman–Crippen MR) is 136 cm³/mol. The van der Waals surface area contributed by atoms with E-state index in [9.17, 15) is 9.59 Å². The van der Waals surface area contributed by atoms with Crippen LogP contribution in [0.2, 0.25) is 0 Å². The summed E-state index contributed by atoms with van der Waals surface area (Å²) in [6.07, 6.45) is 1.29. The van der Waals surface area contributed by atoms with Crippen LogP contribution in [-0.4, -0.2) is 81.2 Å². The van der Waals surface area contributed by atoms with E-state index >= 15 is 0 Å². The molecular weight excluding hydrogens is 525 g/mol. The number of benzene rings is 1. The van der Waals surface area contributed by atoms with Gasteiger partial charge >= 0.3 is 6.09 Å². The molecule has 0 radical (unpaired) electrons. The fourth-order valence-electron chi connectivity index (χ4n) is 3.29. The molecule has 1 aromatic carbocycles. The Morgan fingerprint density at radius 2 is 1.91 bits per heavy atom. The van der Waals surface area contributed by atoms with E-state index in [4.69, 9.17) is 9.47 Å². The van der Waals surface area contributed by atoms with Gasteiger partial charge in [-0.05, 0) is 49.9 Å². The zero-order valence-electron chi connectivity index (χ0n) is 19.6. The second-order valence-electron chi connectivity index (χ2n) is 7.77. The minimum absolute atomic E-state index is 0. The van der Waals surface area contributed by atoms with Crippen molar-refractivity contribution in [3.8, 4) is 5.75 Å². The first-order valence-corrected chi connectivity index (χ1v) is 10.6. The van der Waals surface area contributed by atoms with Gasteiger partial charge in [0.05, 0.1) is 26.8 Å². The van der Waals surface area contributed by atoms with Crippen LogP contribution >= 0.6 is 24.0 Å². The lowest BCUT2D eigenvalue weighted by Gasteiger charge is -2.32. The molecule has 0 bridgehead atoms. The number of nitrogens with zero attached hydrogens (tertiary/aromatic N) is 3. The Hall–Kier alpha value is -2.24. The van der Waals surface area contributed by atoms with E-state index in [0.29, 0.717) is 32.2 Å². The molecule has 1 saturated heterocycles. The molecule has 1 fully saturated rings. The average Bonchev–Trinajstić information content (AvgIpc) is 2.75. The number of likely N-dealkylation sites (tertiary alicyclic amines) is 1. The molecule has 0 unspecified atom stereocenters. The first kappa shape index (κ1) is 27.8. The maximum atomic E-state index is 12.0. The predicted octanol–water partition coefficient (Wildman–Crippen LogP) is 2.37. The van der Waals surface area contributed by atoms with Crippen LogP contribution in [-0.2, 0) is 16.1 Å². The number of amides is 2. The lowest BCUT2D eigenvalue weighted by molar-refractivity contribution is -0.127. The Kier molecular flexibility index (Phi) is 12.2. The highest BCUT2D eigenvalue weighted by Gasteiger charge is 2.24. The number of carbonyl (C=O) groups excluding carboxylic acids is 2. The van der Waals surface area contributed by atoms with Gasteiger partial charge in [-0.3, -0.25) is 4.79 Å². The van der Waals surface area contributed by atoms with Gasteiger partial charge in [0.1, 0.15) is 5.75 Å². The Labute approximate surface area is 207 Å². The van der Waals surface area contributed by atoms with Crippen LogP contribution in [0.3, 0.4) is 0 Å². The molecule has 2 amide bonds. The number of nitrogens with one attached hydrogen (secondary N) is 2. The number of halogens is 1. The fraction of sp³-hybridized carbons (Fsp3) is 0.591. The van der Waals surface area contributed by atoms with E-state index in [1.54, 1.807) is 33.0 Å². The quantitative estimate of drug-likeness (QED) is 0.302. The molecule has 180 valence electrons. The number of likely N-dealkylation sites (N-methyl/N-ethyl adjacent to an activating group) is 1. The van der Waals surface area contributed by atoms with Crippen molar-refractivity contribution in [2.45, 2.75) is 39.3 Å². The van der Waals surface area contributed by atoms with Crippen LogP contribution in [0.1, 0.15) is 30.9 Å². The van der Waals surface area contributed by atoms with Crippen LogP contribution in [0, 0.1) is 6.92 Å². The fourth-order valence-corrected chi connectivity index (χ4v) is 3.29. The number of hydrogen-bond donors (Lipinski definition) is 2. The smallest absolute Gasteiger partial charge is 0.409 e. The third-order valence-electron chi connectivity index (χ3n) is 5.03. The Morgan fingerprint density at radius 3 is 2.50 bits per heavy atom. The summed E-state index contributed by atoms with van der Waals surface area (Å²) >= 11 is 0. The van der Waals surface area contributed by atoms with Gasteiger partial charge in [0, 0.05) is 33.2 Å². The summed E-state index contributed by atoms with van der Waals surface area (Å²) in [6.45, 7) is 6.04. The van der Waals surface area contributed by atoms with E-state index in [1.165, 1.54) is 4.90 Å². The number of aliphatic imine (C=N–C) groups is 1. The number of hydrogen-bond acceptors (Lipinski definition) is 5. The van der Waals surface area contributed by atoms with Gasteiger partial charge in [-0.15, -0.1) is 24.0 Å². The number of piperidine rings is 1. The molecule has 0 saturated carbocycles. The van der Waals surface area contributed by atoms with E-state index < -0.39 is 0 Å². The maximum Gasteiger partial charge on any atom is 0.409 e. The highest BCUT2D eigenvalue weighted by molar-refractivity contribution is 14.0. The third-order valence-corrected chi connectivity index (χ3v) is 5.03. The molecule has 0 aliphatic carbocycles. The summed E-state index contributed by atoms with van der Waals surface area (Å²) in [5.74, 6) is 1.33. The molecule has 1 heterocycles. The maximum absolute atomic E-state index is 12.0. The highest BCUT2D eigenvalue weighted by atomic mass is 127. The van der Waals surface area contributed by atoms with Gasteiger partial charge in [0.25, 0.3) is 0 Å². The van der Waals surface area contributed by atoms with E-state index in [2.05, 4.69) is 21.7 Å². The van der Waals surface area contributed by atoms with Crippen molar-refractivity contribution in [1.82, 2.24) is 20.4 Å². The van der Waals surface area contributed by atoms with Crippen LogP contribution in [0.4, 0.5) is 4.79 Å². The summed E-state index contributed by atoms with van der Waals surface area (Å²) < 4.78 is 10.4. The summed E-state index contributed by atoms with van der Waals surface area (Å²) in [4.78, 5) is 31.9. The number of aryl methyl sites for hydroxylation is 1. The molecular formula is C22H36IN5O4. The van der Waals surface area contributed by atoms with Crippen molar-refractivity contribution >= 4 is 41.9 Å². The normalized spacial score (nSPS) is 14.3. The van der Waals surface area contributed by atoms with Crippen molar-refractivity contribution in [1.29, 1.82) is 0 Å². The second kappa shape index (κ2) is 14.0. The third kappa shape index (κ3) is 9.09. The van der Waals surface area contributed by atoms with Crippen LogP contribution in [0.15, 0.2) is 23.2 Å². The number of ether oxygens (including phenoxy) is 2. The SMILES string of the molecule is CCOC(=O)N1CCC(NC(=NCc2cc(C)cc(OC)c2)NCC(=O)N(C)C)CC1.I. The van der Waals surface area contributed by atoms with Gasteiger partial charge in [0.15, 0.2) is 5.96 Å². The molecule has 0 atom stereocenters. The van der Waals surface area contributed by atoms with Crippen molar-refractivity contribution < 1.29 is 19.1 Å². The minimum Gasteiger partial charge on any atom is -0.497 e. The molecule has 9 nitrogen and oxygen atoms in total. The number of guanidine groups is 1. The lowest BCUT2D eigenvalue weighted by atomic mass is 10.1. The average molecular weight is 561 g/mol. The molecule has 2 rings (SSSR count). The van der Waals surface area contributed by atoms with E-state index in [-0.39, 0.29) is 48.6 Å². The Morgan fingerprint density at radius 1 is 1.22 bits per heavy atom. The summed E-state index contributed by atoms with van der Waals surface area (Å²) in [5, 5.41) is 6.54. The molecule has 0 spiro atoms. The van der Waals surface area contributed by atoms with Gasteiger partial charge < -0.3 is 29.9 Å². The molecule has 1 aliphatic heterocycles. The standard InChI is InChI=1S/C22H35N5O4.HI/c1-6-31-22(29)27-9-7-18(8-10-27)25-21(24-15-20(28)26(3)4)23-14-17-11-16(2)12-19(13-17)30-5;/h11-13,18H,6-10,14-15H2,1-5H3,(H2,23,24,25);1H. The zero-order valence-corrected chi connectivity index (χ0v) is 22.0.